The van der Waals surface area contributed by atoms with Crippen molar-refractivity contribution in [1.29, 1.82) is 0 Å². The van der Waals surface area contributed by atoms with E-state index in [2.05, 4.69) is 176 Å². The summed E-state index contributed by atoms with van der Waals surface area (Å²) in [5.41, 5.74) is 12.6. The van der Waals surface area contributed by atoms with Gasteiger partial charge in [0.15, 0.2) is 0 Å². The quantitative estimate of drug-likeness (QED) is 0.170. The number of thiazole rings is 2. The van der Waals surface area contributed by atoms with Crippen LogP contribution in [-0.4, -0.2) is 15.0 Å². The van der Waals surface area contributed by atoms with Gasteiger partial charge in [0.05, 0.1) is 31.8 Å². The number of benzene rings is 8. The minimum absolute atomic E-state index is 0.925. The van der Waals surface area contributed by atoms with Crippen LogP contribution < -0.4 is 0 Å². The number of hydrogen-bond donors (Lipinski definition) is 0. The summed E-state index contributed by atoms with van der Waals surface area (Å²) in [4.78, 5) is 15.9. The molecule has 56 heavy (non-hydrogen) atoms. The number of nitrogens with zero attached hydrogens (tertiary/aromatic N) is 3. The molecule has 0 amide bonds. The molecule has 5 heteroatoms. The molecule has 11 rings (SSSR count). The number of pyridine rings is 1. The molecule has 0 aliphatic rings. The minimum Gasteiger partial charge on any atom is -0.246 e. The van der Waals surface area contributed by atoms with Crippen LogP contribution in [0.3, 0.4) is 0 Å². The van der Waals surface area contributed by atoms with Crippen molar-refractivity contribution in [3.05, 3.63) is 188 Å². The molecule has 3 nitrogen and oxygen atoms in total. The van der Waals surface area contributed by atoms with Crippen molar-refractivity contribution < 1.29 is 0 Å². The highest BCUT2D eigenvalue weighted by Gasteiger charge is 2.21. The van der Waals surface area contributed by atoms with Crippen LogP contribution in [0.5, 0.6) is 0 Å². The Hall–Kier alpha value is -6.79. The maximum atomic E-state index is 5.80. The lowest BCUT2D eigenvalue weighted by molar-refractivity contribution is 1.32. The lowest BCUT2D eigenvalue weighted by atomic mass is 9.88. The first-order chi connectivity index (χ1) is 27.7. The second-order valence-electron chi connectivity index (χ2n) is 14.0. The molecule has 0 saturated heterocycles. The lowest BCUT2D eigenvalue weighted by Crippen LogP contribution is -1.98. The van der Waals surface area contributed by atoms with Crippen molar-refractivity contribution in [3.63, 3.8) is 0 Å². The molecule has 0 unspecified atom stereocenters. The molecule has 0 spiro atoms. The highest BCUT2D eigenvalue weighted by atomic mass is 32.1. The van der Waals surface area contributed by atoms with Crippen molar-refractivity contribution in [2.75, 3.05) is 0 Å². The van der Waals surface area contributed by atoms with Crippen LogP contribution in [0, 0.1) is 0 Å². The molecule has 11 aromatic rings. The second-order valence-corrected chi connectivity index (χ2v) is 16.0. The number of fused-ring (bicyclic) bond motifs is 4. The van der Waals surface area contributed by atoms with Crippen molar-refractivity contribution in [1.82, 2.24) is 15.0 Å². The van der Waals surface area contributed by atoms with Crippen LogP contribution >= 0.6 is 22.7 Å². The summed E-state index contributed by atoms with van der Waals surface area (Å²) < 4.78 is 2.36. The molecule has 0 bridgehead atoms. The van der Waals surface area contributed by atoms with E-state index in [0.717, 1.165) is 76.9 Å². The molecule has 0 aliphatic heterocycles. The van der Waals surface area contributed by atoms with Gasteiger partial charge in [-0.1, -0.05) is 146 Å². The van der Waals surface area contributed by atoms with E-state index in [9.17, 15) is 0 Å². The Morgan fingerprint density at radius 3 is 1.21 bits per heavy atom. The monoisotopic (exact) mass is 749 g/mol. The lowest BCUT2D eigenvalue weighted by Gasteiger charge is -2.19. The average molecular weight is 750 g/mol. The SMILES string of the molecule is c1cc(-c2nc3ccccc3s2)cc(-c2nc(-c3cccc(-c4nc5ccccc5s4)c3)c(-c3cccc4ccccc34)cc2-c2cccc3ccccc23)c1. The third kappa shape index (κ3) is 5.68. The van der Waals surface area contributed by atoms with E-state index in [4.69, 9.17) is 15.0 Å². The Morgan fingerprint density at radius 1 is 0.304 bits per heavy atom. The first-order valence-corrected chi connectivity index (χ1v) is 20.3. The Morgan fingerprint density at radius 2 is 0.714 bits per heavy atom. The van der Waals surface area contributed by atoms with Crippen LogP contribution in [-0.2, 0) is 0 Å². The predicted octanol–water partition coefficient (Wildman–Crippen LogP) is 14.6. The van der Waals surface area contributed by atoms with Gasteiger partial charge < -0.3 is 0 Å². The Balaban J connectivity index is 1.20. The molecule has 0 fully saturated rings. The zero-order valence-electron chi connectivity index (χ0n) is 30.1. The van der Waals surface area contributed by atoms with E-state index in [-0.39, 0.29) is 0 Å². The van der Waals surface area contributed by atoms with Gasteiger partial charge in [-0.15, -0.1) is 22.7 Å². The van der Waals surface area contributed by atoms with Crippen molar-refractivity contribution in [2.24, 2.45) is 0 Å². The van der Waals surface area contributed by atoms with Gasteiger partial charge in [0.25, 0.3) is 0 Å². The predicted molar refractivity (Wildman–Crippen MR) is 238 cm³/mol. The van der Waals surface area contributed by atoms with E-state index >= 15 is 0 Å². The van der Waals surface area contributed by atoms with Crippen LogP contribution in [0.25, 0.3) is 108 Å². The zero-order valence-corrected chi connectivity index (χ0v) is 31.7. The Bertz CT molecular complexity index is 2990. The Labute approximate surface area is 331 Å². The molecule has 0 aliphatic carbocycles. The van der Waals surface area contributed by atoms with Crippen molar-refractivity contribution >= 4 is 64.7 Å². The largest absolute Gasteiger partial charge is 0.246 e. The highest BCUT2D eigenvalue weighted by molar-refractivity contribution is 7.22. The molecule has 8 aromatic carbocycles. The Kier molecular flexibility index (Phi) is 7.87. The molecule has 0 saturated carbocycles. The molecule has 0 radical (unpaired) electrons. The number of aromatic nitrogens is 3. The zero-order chi connectivity index (χ0) is 37.0. The van der Waals surface area contributed by atoms with Crippen molar-refractivity contribution in [2.45, 2.75) is 0 Å². The molecule has 0 N–H and O–H groups in total. The standard InChI is InChI=1S/C51H31N3S2/c1-3-21-38-32(13-1)15-11-23-40(38)42-31-43(41-24-12-16-33-14-2-4-22-39(33)41)49(35-18-10-20-37(30-35)51-53-45-26-6-8-28-47(45)56-51)54-48(42)34-17-9-19-36(29-34)50-52-44-25-5-7-27-46(44)55-50/h1-31H. The number of para-hydroxylation sites is 2. The summed E-state index contributed by atoms with van der Waals surface area (Å²) >= 11 is 3.44. The summed E-state index contributed by atoms with van der Waals surface area (Å²) in [6.45, 7) is 0. The third-order valence-electron chi connectivity index (χ3n) is 10.5. The fraction of sp³-hybridized carbons (Fsp3) is 0. The maximum absolute atomic E-state index is 5.80. The first-order valence-electron chi connectivity index (χ1n) is 18.7. The fourth-order valence-corrected chi connectivity index (χ4v) is 9.80. The number of rotatable bonds is 6. The summed E-state index contributed by atoms with van der Waals surface area (Å²) in [7, 11) is 0. The smallest absolute Gasteiger partial charge is 0.124 e. The van der Waals surface area contributed by atoms with Crippen LogP contribution in [0.1, 0.15) is 0 Å². The van der Waals surface area contributed by atoms with Gasteiger partial charge in [-0.05, 0) is 75.1 Å². The number of hydrogen-bond acceptors (Lipinski definition) is 5. The topological polar surface area (TPSA) is 38.7 Å². The fourth-order valence-electron chi connectivity index (χ4n) is 7.88. The molecule has 3 heterocycles. The van der Waals surface area contributed by atoms with Gasteiger partial charge in [-0.3, -0.25) is 0 Å². The summed E-state index contributed by atoms with van der Waals surface area (Å²) in [5.74, 6) is 0. The molecule has 0 atom stereocenters. The molecular formula is C51H31N3S2. The third-order valence-corrected chi connectivity index (χ3v) is 12.7. The van der Waals surface area contributed by atoms with E-state index < -0.39 is 0 Å². The van der Waals surface area contributed by atoms with E-state index in [1.54, 1.807) is 22.7 Å². The van der Waals surface area contributed by atoms with Gasteiger partial charge in [0.1, 0.15) is 10.0 Å². The molecular weight excluding hydrogens is 719 g/mol. The van der Waals surface area contributed by atoms with Crippen LogP contribution in [0.2, 0.25) is 0 Å². The summed E-state index contributed by atoms with van der Waals surface area (Å²) in [6, 6.07) is 67.0. The van der Waals surface area contributed by atoms with Gasteiger partial charge in [0, 0.05) is 33.4 Å². The van der Waals surface area contributed by atoms with Gasteiger partial charge in [0.2, 0.25) is 0 Å². The first kappa shape index (κ1) is 32.6. The van der Waals surface area contributed by atoms with E-state index in [1.807, 2.05) is 12.1 Å². The van der Waals surface area contributed by atoms with Crippen LogP contribution in [0.15, 0.2) is 188 Å². The van der Waals surface area contributed by atoms with Gasteiger partial charge in [-0.25, -0.2) is 15.0 Å². The van der Waals surface area contributed by atoms with E-state index in [0.29, 0.717) is 0 Å². The summed E-state index contributed by atoms with van der Waals surface area (Å²) in [6.07, 6.45) is 0. The van der Waals surface area contributed by atoms with Gasteiger partial charge >= 0.3 is 0 Å². The molecule has 3 aromatic heterocycles. The van der Waals surface area contributed by atoms with Crippen LogP contribution in [0.4, 0.5) is 0 Å². The summed E-state index contributed by atoms with van der Waals surface area (Å²) in [5, 5.41) is 6.76. The normalized spacial score (nSPS) is 11.6. The minimum atomic E-state index is 0.925. The van der Waals surface area contributed by atoms with Crippen molar-refractivity contribution in [3.8, 4) is 65.9 Å². The van der Waals surface area contributed by atoms with Gasteiger partial charge in [-0.2, -0.15) is 0 Å². The molecule has 262 valence electrons. The second kappa shape index (κ2) is 13.5. The van der Waals surface area contributed by atoms with E-state index in [1.165, 1.54) is 30.9 Å². The highest BCUT2D eigenvalue weighted by Crippen LogP contribution is 2.45. The average Bonchev–Trinajstić information content (AvgIpc) is 3.91. The maximum Gasteiger partial charge on any atom is 0.124 e.